The number of nitrogens with one attached hydrogen (secondary N) is 1. The summed E-state index contributed by atoms with van der Waals surface area (Å²) in [6.45, 7) is 1.39. The van der Waals surface area contributed by atoms with Crippen LogP contribution in [0.15, 0.2) is 85.2 Å². The van der Waals surface area contributed by atoms with Gasteiger partial charge in [0.15, 0.2) is 17.4 Å². The molecule has 7 nitrogen and oxygen atoms in total. The Morgan fingerprint density at radius 2 is 1.85 bits per heavy atom. The van der Waals surface area contributed by atoms with Crippen LogP contribution in [-0.4, -0.2) is 15.0 Å². The summed E-state index contributed by atoms with van der Waals surface area (Å²) in [5, 5.41) is 39.8. The highest BCUT2D eigenvalue weighted by atomic mass is 32.1. The summed E-state index contributed by atoms with van der Waals surface area (Å²) in [6, 6.07) is 21.3. The van der Waals surface area contributed by atoms with Gasteiger partial charge < -0.3 is 15.5 Å². The summed E-state index contributed by atoms with van der Waals surface area (Å²) in [4.78, 5) is 11.1. The second-order valence-corrected chi connectivity index (χ2v) is 8.10. The van der Waals surface area contributed by atoms with Crippen molar-refractivity contribution in [3.05, 3.63) is 112 Å². The van der Waals surface area contributed by atoms with Crippen molar-refractivity contribution in [1.29, 1.82) is 0 Å². The van der Waals surface area contributed by atoms with Gasteiger partial charge in [0.2, 0.25) is 5.70 Å². The fourth-order valence-corrected chi connectivity index (χ4v) is 4.00. The van der Waals surface area contributed by atoms with Crippen molar-refractivity contribution < 1.29 is 19.7 Å². The molecule has 0 saturated carbocycles. The van der Waals surface area contributed by atoms with Gasteiger partial charge in [0.25, 0.3) is 5.69 Å². The number of aliphatic hydroxyl groups is 1. The molecule has 0 saturated heterocycles. The van der Waals surface area contributed by atoms with E-state index in [0.717, 1.165) is 16.5 Å². The van der Waals surface area contributed by atoms with Gasteiger partial charge in [-0.2, -0.15) is 4.57 Å². The molecule has 1 aromatic heterocycles. The molecule has 0 unspecified atom stereocenters. The number of aromatic nitrogens is 1. The standard InChI is InChI=1S/C26H21N3O4S/c1-17-11-12-20(14-23(17)29(32)33)25(31)24(28-13-5-6-18(15-28)16-30)26(34)27-22-10-4-8-19-7-2-3-9-21(19)22/h2-15,30H,16H2,1H3,(H-,27,31,34). The Morgan fingerprint density at radius 1 is 1.09 bits per heavy atom. The zero-order chi connectivity index (χ0) is 24.2. The van der Waals surface area contributed by atoms with Gasteiger partial charge in [-0.1, -0.05) is 60.7 Å². The number of anilines is 1. The Bertz CT molecular complexity index is 1440. The molecule has 4 aromatic rings. The van der Waals surface area contributed by atoms with Crippen molar-refractivity contribution in [3.63, 3.8) is 0 Å². The highest BCUT2D eigenvalue weighted by Gasteiger charge is 2.21. The monoisotopic (exact) mass is 471 g/mol. The molecule has 2 N–H and O–H groups in total. The Balaban J connectivity index is 1.87. The van der Waals surface area contributed by atoms with Crippen LogP contribution >= 0.6 is 12.2 Å². The fourth-order valence-electron chi connectivity index (χ4n) is 3.69. The summed E-state index contributed by atoms with van der Waals surface area (Å²) < 4.78 is 1.53. The van der Waals surface area contributed by atoms with Gasteiger partial charge in [0.1, 0.15) is 0 Å². The second kappa shape index (κ2) is 9.78. The van der Waals surface area contributed by atoms with Gasteiger partial charge >= 0.3 is 0 Å². The number of nitro benzene ring substituents is 1. The molecule has 0 radical (unpaired) electrons. The average molecular weight is 472 g/mol. The van der Waals surface area contributed by atoms with E-state index in [2.05, 4.69) is 5.32 Å². The van der Waals surface area contributed by atoms with E-state index in [1.165, 1.54) is 10.6 Å². The minimum Gasteiger partial charge on any atom is -0.867 e. The van der Waals surface area contributed by atoms with E-state index in [9.17, 15) is 20.3 Å². The smallest absolute Gasteiger partial charge is 0.272 e. The first kappa shape index (κ1) is 23.0. The van der Waals surface area contributed by atoms with E-state index < -0.39 is 10.7 Å². The zero-order valence-corrected chi connectivity index (χ0v) is 19.1. The molecule has 0 atom stereocenters. The van der Waals surface area contributed by atoms with E-state index in [0.29, 0.717) is 11.1 Å². The highest BCUT2D eigenvalue weighted by Crippen LogP contribution is 2.26. The highest BCUT2D eigenvalue weighted by molar-refractivity contribution is 7.81. The number of aryl methyl sites for hydroxylation is 1. The summed E-state index contributed by atoms with van der Waals surface area (Å²) in [6.07, 6.45) is 3.25. The average Bonchev–Trinajstić information content (AvgIpc) is 2.84. The molecule has 4 rings (SSSR count). The maximum atomic E-state index is 13.7. The van der Waals surface area contributed by atoms with Gasteiger partial charge in [0, 0.05) is 34.3 Å². The van der Waals surface area contributed by atoms with Crippen LogP contribution in [0.3, 0.4) is 0 Å². The number of nitro groups is 1. The third kappa shape index (κ3) is 4.63. The quantitative estimate of drug-likeness (QED) is 0.110. The van der Waals surface area contributed by atoms with E-state index >= 15 is 0 Å². The number of hydrogen-bond acceptors (Lipinski definition) is 5. The van der Waals surface area contributed by atoms with Crippen LogP contribution in [0.2, 0.25) is 0 Å². The minimum absolute atomic E-state index is 0.108. The number of rotatable bonds is 6. The topological polar surface area (TPSA) is 102 Å². The molecule has 0 bridgehead atoms. The van der Waals surface area contributed by atoms with E-state index in [-0.39, 0.29) is 28.5 Å². The molecule has 0 aliphatic rings. The molecule has 0 fully saturated rings. The van der Waals surface area contributed by atoms with Crippen LogP contribution in [0.4, 0.5) is 11.4 Å². The van der Waals surface area contributed by atoms with E-state index in [1.54, 1.807) is 43.6 Å². The molecule has 8 heteroatoms. The van der Waals surface area contributed by atoms with Crippen molar-refractivity contribution in [1.82, 2.24) is 0 Å². The first-order valence-electron chi connectivity index (χ1n) is 10.5. The molecule has 0 amide bonds. The largest absolute Gasteiger partial charge is 0.867 e. The van der Waals surface area contributed by atoms with E-state index in [1.807, 2.05) is 42.5 Å². The molecule has 1 heterocycles. The number of hydrogen-bond donors (Lipinski definition) is 2. The SMILES string of the molecule is Cc1ccc(/C([O-])=C(/C(=S)Nc2cccc3ccccc23)[n+]2cccc(CO)c2)cc1[N+](=O)[O-]. The molecule has 0 aliphatic carbocycles. The first-order valence-corrected chi connectivity index (χ1v) is 10.9. The molecule has 0 spiro atoms. The molecule has 3 aromatic carbocycles. The minimum atomic E-state index is -0.516. The molecular formula is C26H21N3O4S. The lowest BCUT2D eigenvalue weighted by atomic mass is 10.1. The van der Waals surface area contributed by atoms with Crippen LogP contribution in [0, 0.1) is 17.0 Å². The number of thiocarbonyl (C=S) groups is 1. The summed E-state index contributed by atoms with van der Waals surface area (Å²) in [5.41, 5.74) is 1.85. The molecule has 170 valence electrons. The van der Waals surface area contributed by atoms with Crippen molar-refractivity contribution in [3.8, 4) is 0 Å². The lowest BCUT2D eigenvalue weighted by Gasteiger charge is -2.18. The lowest BCUT2D eigenvalue weighted by Crippen LogP contribution is -2.40. The number of pyridine rings is 1. The van der Waals surface area contributed by atoms with Crippen LogP contribution in [0.25, 0.3) is 22.2 Å². The maximum Gasteiger partial charge on any atom is 0.272 e. The first-order chi connectivity index (χ1) is 16.4. The van der Waals surface area contributed by atoms with Crippen LogP contribution < -0.4 is 15.0 Å². The second-order valence-electron chi connectivity index (χ2n) is 7.69. The number of fused-ring (bicyclic) bond motifs is 1. The Morgan fingerprint density at radius 3 is 2.62 bits per heavy atom. The van der Waals surface area contributed by atoms with Gasteiger partial charge in [-0.05, 0) is 35.8 Å². The summed E-state index contributed by atoms with van der Waals surface area (Å²) >= 11 is 5.68. The fraction of sp³-hybridized carbons (Fsp3) is 0.0769. The number of aliphatic hydroxyl groups excluding tert-OH is 1. The van der Waals surface area contributed by atoms with Gasteiger partial charge in [-0.3, -0.25) is 10.1 Å². The Hall–Kier alpha value is -4.14. The Kier molecular flexibility index (Phi) is 6.62. The third-order valence-corrected chi connectivity index (χ3v) is 5.73. The predicted molar refractivity (Wildman–Crippen MR) is 134 cm³/mol. The predicted octanol–water partition coefficient (Wildman–Crippen LogP) is 3.96. The van der Waals surface area contributed by atoms with Crippen LogP contribution in [-0.2, 0) is 6.61 Å². The van der Waals surface area contributed by atoms with E-state index in [4.69, 9.17) is 12.2 Å². The number of benzene rings is 3. The summed E-state index contributed by atoms with van der Waals surface area (Å²) in [7, 11) is 0. The van der Waals surface area contributed by atoms with Crippen molar-refractivity contribution in [2.45, 2.75) is 13.5 Å². The summed E-state index contributed by atoms with van der Waals surface area (Å²) in [5.74, 6) is -0.485. The van der Waals surface area contributed by atoms with Crippen molar-refractivity contribution >= 4 is 50.8 Å². The molecule has 0 aliphatic heterocycles. The van der Waals surface area contributed by atoms with Gasteiger partial charge in [0.05, 0.1) is 11.5 Å². The van der Waals surface area contributed by atoms with Crippen molar-refractivity contribution in [2.24, 2.45) is 0 Å². The van der Waals surface area contributed by atoms with Gasteiger partial charge in [-0.15, -0.1) is 0 Å². The zero-order valence-electron chi connectivity index (χ0n) is 18.3. The maximum absolute atomic E-state index is 13.7. The van der Waals surface area contributed by atoms with Crippen molar-refractivity contribution in [2.75, 3.05) is 5.32 Å². The molecule has 34 heavy (non-hydrogen) atoms. The third-order valence-electron chi connectivity index (χ3n) is 5.44. The lowest BCUT2D eigenvalue weighted by molar-refractivity contribution is -0.578. The molecular weight excluding hydrogens is 450 g/mol. The van der Waals surface area contributed by atoms with Gasteiger partial charge in [-0.25, -0.2) is 0 Å². The Labute approximate surface area is 201 Å². The van der Waals surface area contributed by atoms with Crippen LogP contribution in [0.5, 0.6) is 0 Å². The number of nitrogens with zero attached hydrogens (tertiary/aromatic N) is 2. The van der Waals surface area contributed by atoms with Crippen LogP contribution in [0.1, 0.15) is 16.7 Å². The normalized spacial score (nSPS) is 11.7.